The van der Waals surface area contributed by atoms with E-state index in [2.05, 4.69) is 34.1 Å². The number of aliphatic hydroxyl groups excluding tert-OH is 1. The summed E-state index contributed by atoms with van der Waals surface area (Å²) < 4.78 is 6.92. The van der Waals surface area contributed by atoms with Crippen molar-refractivity contribution >= 4 is 29.6 Å². The van der Waals surface area contributed by atoms with Crippen LogP contribution in [0, 0.1) is 0 Å². The molecule has 0 amide bonds. The fraction of sp³-hybridized carbons (Fsp3) is 0.367. The standard InChI is InChI=1S/C29H37N5O3.CH4O/c1-5-8-27(30)29-26(28(21-36)34(31-29)24-13-15-25(37-4)16-14-24)17-19-33(3)23-11-9-22(10-12-23)32(2)18-6-7-20-35;1-2/h8-16,20-21H,5-7,17-19,30H2,1-4H3;2H,1H3/b27-8-;. The molecular weight excluding hydrogens is 494 g/mol. The number of methoxy groups -OCH3 is 1. The van der Waals surface area contributed by atoms with Crippen LogP contribution in [-0.4, -0.2) is 68.9 Å². The average molecular weight is 536 g/mol. The molecule has 0 aliphatic heterocycles. The minimum absolute atomic E-state index is 0.494. The van der Waals surface area contributed by atoms with Crippen LogP contribution in [0.15, 0.2) is 54.6 Å². The molecule has 1 aromatic heterocycles. The molecule has 0 aliphatic rings. The fourth-order valence-corrected chi connectivity index (χ4v) is 4.21. The summed E-state index contributed by atoms with van der Waals surface area (Å²) in [5, 5.41) is 11.7. The molecule has 0 unspecified atom stereocenters. The van der Waals surface area contributed by atoms with Crippen LogP contribution in [0.25, 0.3) is 11.4 Å². The van der Waals surface area contributed by atoms with Crippen LogP contribution in [0.2, 0.25) is 0 Å². The number of allylic oxidation sites excluding steroid dienone is 1. The first-order valence-corrected chi connectivity index (χ1v) is 13.0. The quantitative estimate of drug-likeness (QED) is 0.234. The first kappa shape index (κ1) is 31.1. The number of likely N-dealkylation sites (N-methyl/N-ethyl adjacent to an activating group) is 1. The van der Waals surface area contributed by atoms with E-state index in [1.54, 1.807) is 11.8 Å². The summed E-state index contributed by atoms with van der Waals surface area (Å²) in [5.74, 6) is 0.731. The van der Waals surface area contributed by atoms with E-state index < -0.39 is 0 Å². The first-order chi connectivity index (χ1) is 18.9. The predicted molar refractivity (Wildman–Crippen MR) is 158 cm³/mol. The Morgan fingerprint density at radius 1 is 1.00 bits per heavy atom. The van der Waals surface area contributed by atoms with Crippen molar-refractivity contribution in [1.82, 2.24) is 9.78 Å². The molecule has 0 aliphatic carbocycles. The highest BCUT2D eigenvalue weighted by molar-refractivity contribution is 5.80. The lowest BCUT2D eigenvalue weighted by Gasteiger charge is -2.22. The summed E-state index contributed by atoms with van der Waals surface area (Å²) in [4.78, 5) is 27.1. The Kier molecular flexibility index (Phi) is 12.8. The number of hydrogen-bond donors (Lipinski definition) is 2. The Hall–Kier alpha value is -4.11. The third-order valence-corrected chi connectivity index (χ3v) is 6.39. The number of rotatable bonds is 14. The topological polar surface area (TPSA) is 114 Å². The first-order valence-electron chi connectivity index (χ1n) is 13.0. The highest BCUT2D eigenvalue weighted by atomic mass is 16.5. The highest BCUT2D eigenvalue weighted by Crippen LogP contribution is 2.25. The van der Waals surface area contributed by atoms with Gasteiger partial charge in [-0.15, -0.1) is 0 Å². The third-order valence-electron chi connectivity index (χ3n) is 6.39. The van der Waals surface area contributed by atoms with Crippen molar-refractivity contribution < 1.29 is 19.4 Å². The van der Waals surface area contributed by atoms with E-state index in [9.17, 15) is 9.59 Å². The van der Waals surface area contributed by atoms with E-state index in [0.29, 0.717) is 36.5 Å². The molecule has 3 N–H and O–H groups in total. The molecule has 0 saturated carbocycles. The van der Waals surface area contributed by atoms with Crippen LogP contribution in [0.5, 0.6) is 5.75 Å². The number of carbonyl (C=O) groups excluding carboxylic acids is 2. The Morgan fingerprint density at radius 2 is 1.59 bits per heavy atom. The molecule has 0 fully saturated rings. The van der Waals surface area contributed by atoms with E-state index >= 15 is 0 Å². The van der Waals surface area contributed by atoms with Crippen LogP contribution in [0.1, 0.15) is 47.9 Å². The van der Waals surface area contributed by atoms with Crippen molar-refractivity contribution in [3.8, 4) is 11.4 Å². The van der Waals surface area contributed by atoms with Gasteiger partial charge >= 0.3 is 0 Å². The number of unbranched alkanes of at least 4 members (excludes halogenated alkanes) is 1. The predicted octanol–water partition coefficient (Wildman–Crippen LogP) is 4.11. The van der Waals surface area contributed by atoms with Gasteiger partial charge in [-0.25, -0.2) is 4.68 Å². The molecule has 3 aromatic rings. The Balaban J connectivity index is 0.00000260. The monoisotopic (exact) mass is 535 g/mol. The summed E-state index contributed by atoms with van der Waals surface area (Å²) in [6, 6.07) is 15.8. The lowest BCUT2D eigenvalue weighted by atomic mass is 10.1. The maximum absolute atomic E-state index is 12.3. The third kappa shape index (κ3) is 8.19. The second kappa shape index (κ2) is 16.0. The second-order valence-electron chi connectivity index (χ2n) is 8.93. The molecule has 0 bridgehead atoms. The summed E-state index contributed by atoms with van der Waals surface area (Å²) in [5.41, 5.74) is 11.8. The fourth-order valence-electron chi connectivity index (χ4n) is 4.21. The van der Waals surface area contributed by atoms with Crippen molar-refractivity contribution in [3.05, 3.63) is 71.6 Å². The number of aliphatic hydroxyl groups is 1. The van der Waals surface area contributed by atoms with Crippen LogP contribution in [0.3, 0.4) is 0 Å². The summed E-state index contributed by atoms with van der Waals surface area (Å²) in [6.07, 6.45) is 6.51. The highest BCUT2D eigenvalue weighted by Gasteiger charge is 2.20. The van der Waals surface area contributed by atoms with Gasteiger partial charge in [-0.3, -0.25) is 4.79 Å². The Bertz CT molecular complexity index is 1200. The van der Waals surface area contributed by atoms with E-state index in [0.717, 1.165) is 67.4 Å². The number of nitrogens with zero attached hydrogens (tertiary/aromatic N) is 4. The lowest BCUT2D eigenvalue weighted by Crippen LogP contribution is -2.22. The van der Waals surface area contributed by atoms with E-state index in [1.807, 2.05) is 51.4 Å². The maximum Gasteiger partial charge on any atom is 0.168 e. The van der Waals surface area contributed by atoms with Gasteiger partial charge in [0.1, 0.15) is 23.4 Å². The molecule has 0 radical (unpaired) electrons. The summed E-state index contributed by atoms with van der Waals surface area (Å²) in [7, 11) is 6.67. The molecule has 9 nitrogen and oxygen atoms in total. The van der Waals surface area contributed by atoms with Crippen molar-refractivity contribution in [2.24, 2.45) is 5.73 Å². The van der Waals surface area contributed by atoms with Gasteiger partial charge in [-0.2, -0.15) is 5.10 Å². The minimum atomic E-state index is 0.494. The van der Waals surface area contributed by atoms with Crippen molar-refractivity contribution in [2.75, 3.05) is 51.2 Å². The number of carbonyl (C=O) groups is 2. The molecule has 210 valence electrons. The average Bonchev–Trinajstić information content (AvgIpc) is 3.36. The van der Waals surface area contributed by atoms with Crippen LogP contribution >= 0.6 is 0 Å². The molecule has 0 atom stereocenters. The van der Waals surface area contributed by atoms with Gasteiger partial charge in [0.15, 0.2) is 6.29 Å². The van der Waals surface area contributed by atoms with Crippen LogP contribution in [0.4, 0.5) is 11.4 Å². The molecule has 0 spiro atoms. The van der Waals surface area contributed by atoms with Gasteiger partial charge < -0.3 is 30.2 Å². The smallest absolute Gasteiger partial charge is 0.168 e. The summed E-state index contributed by atoms with van der Waals surface area (Å²) >= 11 is 0. The van der Waals surface area contributed by atoms with E-state index in [4.69, 9.17) is 20.7 Å². The zero-order valence-corrected chi connectivity index (χ0v) is 23.6. The van der Waals surface area contributed by atoms with Crippen molar-refractivity contribution in [3.63, 3.8) is 0 Å². The Labute approximate surface area is 231 Å². The molecule has 3 rings (SSSR count). The molecule has 0 saturated heterocycles. The van der Waals surface area contributed by atoms with Gasteiger partial charge in [-0.05, 0) is 67.8 Å². The van der Waals surface area contributed by atoms with Gasteiger partial charge in [0, 0.05) is 57.7 Å². The number of ether oxygens (including phenoxy) is 1. The minimum Gasteiger partial charge on any atom is -0.497 e. The molecule has 9 heteroatoms. The van der Waals surface area contributed by atoms with E-state index in [1.165, 1.54) is 0 Å². The normalized spacial score (nSPS) is 10.9. The van der Waals surface area contributed by atoms with Crippen LogP contribution in [-0.2, 0) is 11.2 Å². The molecule has 2 aromatic carbocycles. The van der Waals surface area contributed by atoms with E-state index in [-0.39, 0.29) is 0 Å². The second-order valence-corrected chi connectivity index (χ2v) is 8.93. The molecule has 39 heavy (non-hydrogen) atoms. The van der Waals surface area contributed by atoms with Gasteiger partial charge in [0.05, 0.1) is 18.5 Å². The van der Waals surface area contributed by atoms with Gasteiger partial charge in [0.2, 0.25) is 0 Å². The summed E-state index contributed by atoms with van der Waals surface area (Å²) in [6.45, 7) is 3.52. The SMILES string of the molecule is CC/C=C(\N)c1nn(-c2ccc(OC)cc2)c(C=O)c1CCN(C)c1ccc(N(C)CCCC=O)cc1.CO. The number of nitrogens with two attached hydrogens (primary N) is 1. The number of benzene rings is 2. The van der Waals surface area contributed by atoms with Crippen molar-refractivity contribution in [1.29, 1.82) is 0 Å². The number of hydrogen-bond acceptors (Lipinski definition) is 8. The zero-order valence-electron chi connectivity index (χ0n) is 23.6. The number of aldehydes is 2. The number of anilines is 2. The lowest BCUT2D eigenvalue weighted by molar-refractivity contribution is -0.107. The molecule has 1 heterocycles. The maximum atomic E-state index is 12.3. The largest absolute Gasteiger partial charge is 0.497 e. The number of aromatic nitrogens is 2. The zero-order chi connectivity index (χ0) is 28.8. The van der Waals surface area contributed by atoms with Crippen molar-refractivity contribution in [2.45, 2.75) is 32.6 Å². The Morgan fingerprint density at radius 3 is 2.10 bits per heavy atom. The van der Waals surface area contributed by atoms with Gasteiger partial charge in [-0.1, -0.05) is 13.0 Å². The van der Waals surface area contributed by atoms with Crippen LogP contribution < -0.4 is 20.3 Å². The van der Waals surface area contributed by atoms with Gasteiger partial charge in [0.25, 0.3) is 0 Å². The molecular formula is C30H41N5O4.